The number of fused-ring (bicyclic) bond motifs is 1. The van der Waals surface area contributed by atoms with Gasteiger partial charge in [0.15, 0.2) is 12.7 Å². The molecule has 3 aromatic carbocycles. The van der Waals surface area contributed by atoms with Gasteiger partial charge in [-0.3, -0.25) is 0 Å². The summed E-state index contributed by atoms with van der Waals surface area (Å²) in [5, 5.41) is 13.6. The summed E-state index contributed by atoms with van der Waals surface area (Å²) in [5.41, 5.74) is 5.79. The zero-order valence-corrected chi connectivity index (χ0v) is 21.6. The highest BCUT2D eigenvalue weighted by Crippen LogP contribution is 2.34. The van der Waals surface area contributed by atoms with E-state index in [9.17, 15) is 4.79 Å². The normalized spacial score (nSPS) is 15.3. The lowest BCUT2D eigenvalue weighted by Crippen LogP contribution is -2.17. The Kier molecular flexibility index (Phi) is 9.75. The zero-order valence-electron chi connectivity index (χ0n) is 21.6. The minimum Gasteiger partial charge on any atom is -0.482 e. The summed E-state index contributed by atoms with van der Waals surface area (Å²) in [6.07, 6.45) is 7.97. The summed E-state index contributed by atoms with van der Waals surface area (Å²) in [5.74, 6) is 0.394. The predicted octanol–water partition coefficient (Wildman–Crippen LogP) is 7.39. The second-order valence-corrected chi connectivity index (χ2v) is 9.79. The Morgan fingerprint density at radius 2 is 1.68 bits per heavy atom. The summed E-state index contributed by atoms with van der Waals surface area (Å²) in [7, 11) is 0. The van der Waals surface area contributed by atoms with Gasteiger partial charge in [-0.2, -0.15) is 0 Å². The maximum atomic E-state index is 10.9. The Balaban J connectivity index is 1.35. The highest BCUT2D eigenvalue weighted by atomic mass is 16.6. The van der Waals surface area contributed by atoms with Crippen molar-refractivity contribution in [2.75, 3.05) is 6.61 Å². The molecule has 0 bridgehead atoms. The van der Waals surface area contributed by atoms with Crippen LogP contribution < -0.4 is 4.74 Å². The van der Waals surface area contributed by atoms with E-state index in [0.29, 0.717) is 5.92 Å². The van der Waals surface area contributed by atoms with Crippen molar-refractivity contribution in [2.45, 2.75) is 64.4 Å². The zero-order chi connectivity index (χ0) is 25.9. The lowest BCUT2D eigenvalue weighted by molar-refractivity contribution is -0.139. The van der Waals surface area contributed by atoms with E-state index in [1.165, 1.54) is 11.1 Å². The SMILES string of the molecule is CCC/C(CCCC1CCc2c(cccc2OCC(=O)O)C1)=N\OC(c1ccccc1)c1ccccc1. The Bertz CT molecular complexity index is 1120. The highest BCUT2D eigenvalue weighted by Gasteiger charge is 2.22. The van der Waals surface area contributed by atoms with E-state index in [1.807, 2.05) is 48.5 Å². The molecule has 5 nitrogen and oxygen atoms in total. The van der Waals surface area contributed by atoms with Crippen molar-refractivity contribution >= 4 is 11.7 Å². The van der Waals surface area contributed by atoms with Crippen molar-refractivity contribution in [1.29, 1.82) is 0 Å². The van der Waals surface area contributed by atoms with Crippen molar-refractivity contribution in [2.24, 2.45) is 11.1 Å². The van der Waals surface area contributed by atoms with Crippen molar-refractivity contribution in [1.82, 2.24) is 0 Å². The molecule has 4 rings (SSSR count). The molecule has 37 heavy (non-hydrogen) atoms. The minimum atomic E-state index is -0.946. The fourth-order valence-corrected chi connectivity index (χ4v) is 5.17. The predicted molar refractivity (Wildman–Crippen MR) is 147 cm³/mol. The van der Waals surface area contributed by atoms with Gasteiger partial charge in [-0.15, -0.1) is 0 Å². The number of oxime groups is 1. The molecule has 0 radical (unpaired) electrons. The number of carbonyl (C=O) groups is 1. The molecular formula is C32H37NO4. The average molecular weight is 500 g/mol. The van der Waals surface area contributed by atoms with Gasteiger partial charge < -0.3 is 14.7 Å². The Morgan fingerprint density at radius 3 is 2.32 bits per heavy atom. The van der Waals surface area contributed by atoms with Gasteiger partial charge in [0.2, 0.25) is 0 Å². The number of carboxylic acids is 1. The van der Waals surface area contributed by atoms with E-state index in [0.717, 1.165) is 74.0 Å². The topological polar surface area (TPSA) is 68.1 Å². The molecule has 0 spiro atoms. The second-order valence-electron chi connectivity index (χ2n) is 9.79. The quantitative estimate of drug-likeness (QED) is 0.197. The number of carboxylic acid groups (broad SMARTS) is 1. The van der Waals surface area contributed by atoms with Crippen LogP contribution in [0.25, 0.3) is 0 Å². The molecular weight excluding hydrogens is 462 g/mol. The number of nitrogens with zero attached hydrogens (tertiary/aromatic N) is 1. The maximum Gasteiger partial charge on any atom is 0.341 e. The molecule has 1 aliphatic rings. The molecule has 0 aliphatic heterocycles. The summed E-state index contributed by atoms with van der Waals surface area (Å²) >= 11 is 0. The third-order valence-electron chi connectivity index (χ3n) is 7.00. The van der Waals surface area contributed by atoms with Crippen LogP contribution in [0.4, 0.5) is 0 Å². The van der Waals surface area contributed by atoms with E-state index in [-0.39, 0.29) is 12.7 Å². The lowest BCUT2D eigenvalue weighted by atomic mass is 9.81. The van der Waals surface area contributed by atoms with Crippen LogP contribution in [-0.4, -0.2) is 23.4 Å². The van der Waals surface area contributed by atoms with Crippen LogP contribution in [0.2, 0.25) is 0 Å². The van der Waals surface area contributed by atoms with Gasteiger partial charge in [-0.1, -0.05) is 91.3 Å². The van der Waals surface area contributed by atoms with Gasteiger partial charge in [0.05, 0.1) is 5.71 Å². The van der Waals surface area contributed by atoms with Gasteiger partial charge in [0, 0.05) is 0 Å². The molecule has 1 aliphatic carbocycles. The molecule has 3 aromatic rings. The van der Waals surface area contributed by atoms with Crippen LogP contribution in [-0.2, 0) is 22.5 Å². The summed E-state index contributed by atoms with van der Waals surface area (Å²) in [6, 6.07) is 26.5. The van der Waals surface area contributed by atoms with Crippen LogP contribution in [0.3, 0.4) is 0 Å². The lowest BCUT2D eigenvalue weighted by Gasteiger charge is -2.26. The van der Waals surface area contributed by atoms with E-state index in [1.54, 1.807) is 0 Å². The first-order valence-electron chi connectivity index (χ1n) is 13.4. The first kappa shape index (κ1) is 26.5. The minimum absolute atomic E-state index is 0.221. The van der Waals surface area contributed by atoms with Gasteiger partial charge in [-0.25, -0.2) is 4.79 Å². The number of benzene rings is 3. The molecule has 1 unspecified atom stereocenters. The molecule has 0 aromatic heterocycles. The smallest absolute Gasteiger partial charge is 0.341 e. The molecule has 0 saturated carbocycles. The molecule has 194 valence electrons. The van der Waals surface area contributed by atoms with E-state index < -0.39 is 5.97 Å². The summed E-state index contributed by atoms with van der Waals surface area (Å²) in [6.45, 7) is 1.89. The Labute approximate surface area is 220 Å². The Hall–Kier alpha value is -3.60. The number of aliphatic carboxylic acids is 1. The van der Waals surface area contributed by atoms with Gasteiger partial charge in [0.25, 0.3) is 0 Å². The van der Waals surface area contributed by atoms with Crippen molar-refractivity contribution in [3.05, 3.63) is 101 Å². The van der Waals surface area contributed by atoms with E-state index >= 15 is 0 Å². The molecule has 0 saturated heterocycles. The molecule has 0 heterocycles. The molecule has 0 fully saturated rings. The maximum absolute atomic E-state index is 10.9. The van der Waals surface area contributed by atoms with Crippen molar-refractivity contribution in [3.8, 4) is 5.75 Å². The number of ether oxygens (including phenoxy) is 1. The van der Waals surface area contributed by atoms with Crippen LogP contribution in [0.5, 0.6) is 5.75 Å². The van der Waals surface area contributed by atoms with E-state index in [2.05, 4.69) is 42.4 Å². The number of hydrogen-bond donors (Lipinski definition) is 1. The van der Waals surface area contributed by atoms with E-state index in [4.69, 9.17) is 14.7 Å². The van der Waals surface area contributed by atoms with Crippen LogP contribution >= 0.6 is 0 Å². The molecule has 1 atom stereocenters. The van der Waals surface area contributed by atoms with Crippen LogP contribution in [0.1, 0.15) is 73.8 Å². The van der Waals surface area contributed by atoms with Crippen LogP contribution in [0, 0.1) is 5.92 Å². The molecule has 0 amide bonds. The first-order chi connectivity index (χ1) is 18.1. The van der Waals surface area contributed by atoms with Gasteiger partial charge in [-0.05, 0) is 79.2 Å². The average Bonchev–Trinajstić information content (AvgIpc) is 2.93. The molecule has 5 heteroatoms. The monoisotopic (exact) mass is 499 g/mol. The largest absolute Gasteiger partial charge is 0.482 e. The molecule has 1 N–H and O–H groups in total. The van der Waals surface area contributed by atoms with Crippen molar-refractivity contribution < 1.29 is 19.5 Å². The Morgan fingerprint density at radius 1 is 0.973 bits per heavy atom. The highest BCUT2D eigenvalue weighted by molar-refractivity contribution is 5.83. The standard InChI is InChI=1S/C32H37NO4/c1-2-11-28(33-37-32(25-13-5-3-6-14-25)26-15-7-4-8-16-26)18-9-12-24-20-21-29-27(22-24)17-10-19-30(29)36-23-31(34)35/h3-8,10,13-17,19,24,32H,2,9,11-12,18,20-23H2,1H3,(H,34,35)/b33-28+. The number of hydrogen-bond acceptors (Lipinski definition) is 4. The third-order valence-corrected chi connectivity index (χ3v) is 7.00. The fourth-order valence-electron chi connectivity index (χ4n) is 5.17. The summed E-state index contributed by atoms with van der Waals surface area (Å²) < 4.78 is 5.52. The van der Waals surface area contributed by atoms with Gasteiger partial charge >= 0.3 is 5.97 Å². The summed E-state index contributed by atoms with van der Waals surface area (Å²) in [4.78, 5) is 17.1. The third kappa shape index (κ3) is 7.69. The van der Waals surface area contributed by atoms with Gasteiger partial charge in [0.1, 0.15) is 5.75 Å². The van der Waals surface area contributed by atoms with Crippen molar-refractivity contribution in [3.63, 3.8) is 0 Å². The number of rotatable bonds is 13. The first-order valence-corrected chi connectivity index (χ1v) is 13.4. The second kappa shape index (κ2) is 13.6. The fraction of sp³-hybridized carbons (Fsp3) is 0.375. The van der Waals surface area contributed by atoms with Crippen LogP contribution in [0.15, 0.2) is 84.0 Å².